The van der Waals surface area contributed by atoms with Crippen molar-refractivity contribution in [1.82, 2.24) is 9.97 Å². The molecule has 3 rings (SSSR count). The predicted molar refractivity (Wildman–Crippen MR) is 79.1 cm³/mol. The number of ether oxygens (including phenoxy) is 1. The number of hydrogen-bond donors (Lipinski definition) is 0. The highest BCUT2D eigenvalue weighted by molar-refractivity contribution is 7.18. The Kier molecular flexibility index (Phi) is 3.19. The Morgan fingerprint density at radius 2 is 1.89 bits per heavy atom. The third-order valence-electron chi connectivity index (χ3n) is 3.66. The minimum atomic E-state index is 0.244. The molecular weight excluding hydrogens is 258 g/mol. The maximum absolute atomic E-state index is 5.80. The van der Waals surface area contributed by atoms with E-state index in [1.807, 2.05) is 0 Å². The van der Waals surface area contributed by atoms with Crippen LogP contribution in [0.2, 0.25) is 0 Å². The third kappa shape index (κ3) is 2.21. The topological polar surface area (TPSA) is 38.2 Å². The summed E-state index contributed by atoms with van der Waals surface area (Å²) in [5, 5.41) is 1.21. The summed E-state index contributed by atoms with van der Waals surface area (Å²) in [6.07, 6.45) is 2.17. The van der Waals surface area contributed by atoms with Crippen molar-refractivity contribution in [2.24, 2.45) is 0 Å². The molecule has 2 aromatic heterocycles. The summed E-state index contributed by atoms with van der Waals surface area (Å²) in [4.78, 5) is 13.7. The summed E-state index contributed by atoms with van der Waals surface area (Å²) in [6.45, 7) is 10.3. The van der Waals surface area contributed by atoms with Gasteiger partial charge in [0.05, 0.1) is 17.6 Å². The number of morpholine rings is 1. The van der Waals surface area contributed by atoms with Crippen LogP contribution in [0, 0.1) is 13.8 Å². The smallest absolute Gasteiger partial charge is 0.141 e. The van der Waals surface area contributed by atoms with Gasteiger partial charge in [0.2, 0.25) is 0 Å². The van der Waals surface area contributed by atoms with Gasteiger partial charge in [-0.1, -0.05) is 0 Å². The normalized spacial score (nSPS) is 24.1. The van der Waals surface area contributed by atoms with Gasteiger partial charge in [0, 0.05) is 18.0 Å². The van der Waals surface area contributed by atoms with Gasteiger partial charge >= 0.3 is 0 Å². The molecule has 5 heteroatoms. The Bertz CT molecular complexity index is 600. The van der Waals surface area contributed by atoms with E-state index in [4.69, 9.17) is 4.74 Å². The number of aromatic nitrogens is 2. The van der Waals surface area contributed by atoms with Crippen LogP contribution in [0.3, 0.4) is 0 Å². The molecule has 19 heavy (non-hydrogen) atoms. The number of aryl methyl sites for hydroxylation is 2. The molecule has 0 radical (unpaired) electrons. The maximum Gasteiger partial charge on any atom is 0.141 e. The number of nitrogens with zero attached hydrogens (tertiary/aromatic N) is 3. The average Bonchev–Trinajstić information content (AvgIpc) is 2.64. The first-order chi connectivity index (χ1) is 9.06. The van der Waals surface area contributed by atoms with Crippen LogP contribution in [0.25, 0.3) is 10.2 Å². The van der Waals surface area contributed by atoms with E-state index in [1.54, 1.807) is 17.7 Å². The van der Waals surface area contributed by atoms with Crippen molar-refractivity contribution in [3.8, 4) is 0 Å². The second kappa shape index (κ2) is 4.72. The van der Waals surface area contributed by atoms with Crippen LogP contribution in [-0.2, 0) is 4.74 Å². The van der Waals surface area contributed by atoms with E-state index in [0.29, 0.717) is 0 Å². The molecule has 4 nitrogen and oxygen atoms in total. The quantitative estimate of drug-likeness (QED) is 0.803. The molecule has 0 bridgehead atoms. The fraction of sp³-hybridized carbons (Fsp3) is 0.571. The van der Waals surface area contributed by atoms with Crippen molar-refractivity contribution in [2.75, 3.05) is 18.0 Å². The van der Waals surface area contributed by atoms with Gasteiger partial charge in [-0.05, 0) is 33.3 Å². The van der Waals surface area contributed by atoms with Gasteiger partial charge < -0.3 is 9.64 Å². The van der Waals surface area contributed by atoms with Gasteiger partial charge in [0.1, 0.15) is 17.0 Å². The van der Waals surface area contributed by atoms with E-state index in [2.05, 4.69) is 42.6 Å². The number of fused-ring (bicyclic) bond motifs is 1. The Morgan fingerprint density at radius 3 is 2.58 bits per heavy atom. The van der Waals surface area contributed by atoms with E-state index in [0.717, 1.165) is 23.7 Å². The molecule has 0 unspecified atom stereocenters. The Labute approximate surface area is 117 Å². The summed E-state index contributed by atoms with van der Waals surface area (Å²) < 4.78 is 5.80. The van der Waals surface area contributed by atoms with Crippen molar-refractivity contribution in [3.05, 3.63) is 16.8 Å². The molecule has 1 aliphatic heterocycles. The van der Waals surface area contributed by atoms with Gasteiger partial charge in [0.15, 0.2) is 0 Å². The van der Waals surface area contributed by atoms with Crippen LogP contribution < -0.4 is 4.90 Å². The second-order valence-electron chi connectivity index (χ2n) is 5.32. The summed E-state index contributed by atoms with van der Waals surface area (Å²) in [5.41, 5.74) is 1.31. The lowest BCUT2D eigenvalue weighted by Gasteiger charge is -2.36. The molecule has 3 heterocycles. The molecular formula is C14H19N3OS. The Hall–Kier alpha value is -1.20. The number of hydrogen-bond acceptors (Lipinski definition) is 5. The zero-order valence-corrected chi connectivity index (χ0v) is 12.6. The largest absolute Gasteiger partial charge is 0.372 e. The molecule has 0 spiro atoms. The van der Waals surface area contributed by atoms with Crippen molar-refractivity contribution >= 4 is 27.4 Å². The van der Waals surface area contributed by atoms with Gasteiger partial charge in [-0.2, -0.15) is 0 Å². The minimum absolute atomic E-state index is 0.244. The van der Waals surface area contributed by atoms with Crippen LogP contribution >= 0.6 is 11.3 Å². The maximum atomic E-state index is 5.80. The van der Waals surface area contributed by atoms with E-state index in [9.17, 15) is 0 Å². The molecule has 1 aliphatic rings. The first-order valence-corrected chi connectivity index (χ1v) is 7.49. The van der Waals surface area contributed by atoms with E-state index in [1.165, 1.54) is 15.8 Å². The molecule has 2 aromatic rings. The standard InChI is InChI=1S/C14H19N3OS/c1-8-5-17(6-9(2)18-8)13-12-10(3)11(4)19-14(12)16-7-15-13/h7-9H,5-6H2,1-4H3/t8-,9-/m0/s1. The molecule has 2 atom stereocenters. The zero-order chi connectivity index (χ0) is 13.6. The lowest BCUT2D eigenvalue weighted by atomic mass is 10.1. The zero-order valence-electron chi connectivity index (χ0n) is 11.8. The van der Waals surface area contributed by atoms with E-state index < -0.39 is 0 Å². The monoisotopic (exact) mass is 277 g/mol. The first kappa shape index (κ1) is 12.8. The molecule has 0 aliphatic carbocycles. The fourth-order valence-corrected chi connectivity index (χ4v) is 3.75. The molecule has 102 valence electrons. The predicted octanol–water partition coefficient (Wildman–Crippen LogP) is 2.92. The molecule has 0 amide bonds. The van der Waals surface area contributed by atoms with Crippen LogP contribution in [0.15, 0.2) is 6.33 Å². The van der Waals surface area contributed by atoms with Gasteiger partial charge in [-0.15, -0.1) is 11.3 Å². The number of thiophene rings is 1. The lowest BCUT2D eigenvalue weighted by Crippen LogP contribution is -2.45. The summed E-state index contributed by atoms with van der Waals surface area (Å²) >= 11 is 1.75. The molecule has 0 saturated carbocycles. The van der Waals surface area contributed by atoms with E-state index >= 15 is 0 Å². The molecule has 0 N–H and O–H groups in total. The second-order valence-corrected chi connectivity index (χ2v) is 6.53. The Balaban J connectivity index is 2.09. The number of rotatable bonds is 1. The van der Waals surface area contributed by atoms with Crippen molar-refractivity contribution in [3.63, 3.8) is 0 Å². The highest BCUT2D eigenvalue weighted by Crippen LogP contribution is 2.35. The third-order valence-corrected chi connectivity index (χ3v) is 4.78. The minimum Gasteiger partial charge on any atom is -0.372 e. The van der Waals surface area contributed by atoms with Crippen molar-refractivity contribution in [2.45, 2.75) is 39.9 Å². The van der Waals surface area contributed by atoms with Crippen LogP contribution in [0.1, 0.15) is 24.3 Å². The van der Waals surface area contributed by atoms with Crippen LogP contribution in [0.4, 0.5) is 5.82 Å². The number of anilines is 1. The lowest BCUT2D eigenvalue weighted by molar-refractivity contribution is -0.00537. The molecule has 0 aromatic carbocycles. The van der Waals surface area contributed by atoms with E-state index in [-0.39, 0.29) is 12.2 Å². The van der Waals surface area contributed by atoms with Crippen molar-refractivity contribution < 1.29 is 4.74 Å². The van der Waals surface area contributed by atoms with Gasteiger partial charge in [0.25, 0.3) is 0 Å². The summed E-state index contributed by atoms with van der Waals surface area (Å²) in [6, 6.07) is 0. The van der Waals surface area contributed by atoms with Gasteiger partial charge in [-0.3, -0.25) is 0 Å². The molecule has 1 fully saturated rings. The first-order valence-electron chi connectivity index (χ1n) is 6.67. The van der Waals surface area contributed by atoms with Crippen molar-refractivity contribution in [1.29, 1.82) is 0 Å². The Morgan fingerprint density at radius 1 is 1.21 bits per heavy atom. The highest BCUT2D eigenvalue weighted by Gasteiger charge is 2.25. The average molecular weight is 277 g/mol. The van der Waals surface area contributed by atoms with Crippen LogP contribution in [0.5, 0.6) is 0 Å². The summed E-state index contributed by atoms with van der Waals surface area (Å²) in [7, 11) is 0. The summed E-state index contributed by atoms with van der Waals surface area (Å²) in [5.74, 6) is 1.06. The SMILES string of the molecule is Cc1sc2ncnc(N3C[C@H](C)O[C@@H](C)C3)c2c1C. The van der Waals surface area contributed by atoms with Crippen LogP contribution in [-0.4, -0.2) is 35.3 Å². The fourth-order valence-electron chi connectivity index (χ4n) is 2.75. The van der Waals surface area contributed by atoms with Gasteiger partial charge in [-0.25, -0.2) is 9.97 Å². The highest BCUT2D eigenvalue weighted by atomic mass is 32.1. The molecule has 1 saturated heterocycles.